The molecular weight excluding hydrogens is 294 g/mol. The summed E-state index contributed by atoms with van der Waals surface area (Å²) in [5, 5.41) is 16.2. The summed E-state index contributed by atoms with van der Waals surface area (Å²) in [4.78, 5) is 0. The first-order chi connectivity index (χ1) is 10.7. The van der Waals surface area contributed by atoms with Gasteiger partial charge in [-0.15, -0.1) is 0 Å². The Bertz CT molecular complexity index is 864. The molecule has 0 fully saturated rings. The van der Waals surface area contributed by atoms with Gasteiger partial charge in [0.1, 0.15) is 10.4 Å². The van der Waals surface area contributed by atoms with Gasteiger partial charge in [-0.1, -0.05) is 65.9 Å². The fourth-order valence-corrected chi connectivity index (χ4v) is 2.83. The number of aryl methyl sites for hydroxylation is 1. The number of oxime groups is 1. The molecule has 1 aromatic heterocycles. The van der Waals surface area contributed by atoms with E-state index in [1.54, 1.807) is 0 Å². The zero-order valence-electron chi connectivity index (χ0n) is 12.0. The normalized spacial score (nSPS) is 11.6. The maximum atomic E-state index is 9.48. The average molecular weight is 309 g/mol. The molecule has 110 valence electrons. The molecule has 0 saturated carbocycles. The van der Waals surface area contributed by atoms with Crippen LogP contribution in [0.4, 0.5) is 0 Å². The molecule has 0 amide bonds. The third kappa shape index (κ3) is 2.46. The molecule has 0 saturated heterocycles. The molecule has 0 atom stereocenters. The molecule has 3 aromatic rings. The van der Waals surface area contributed by atoms with E-state index < -0.39 is 0 Å². The molecule has 0 bridgehead atoms. The van der Waals surface area contributed by atoms with Gasteiger partial charge >= 0.3 is 0 Å². The Morgan fingerprint density at radius 2 is 1.64 bits per heavy atom. The molecule has 1 heterocycles. The summed E-state index contributed by atoms with van der Waals surface area (Å²) in [5.41, 5.74) is 3.80. The predicted octanol–water partition coefficient (Wildman–Crippen LogP) is 4.07. The number of rotatable bonds is 3. The molecule has 0 aliphatic heterocycles. The first kappa shape index (κ1) is 14.3. The second-order valence-corrected chi connectivity index (χ2v) is 5.29. The van der Waals surface area contributed by atoms with Crippen LogP contribution in [0.5, 0.6) is 0 Å². The van der Waals surface area contributed by atoms with Crippen LogP contribution >= 0.6 is 12.2 Å². The highest BCUT2D eigenvalue weighted by Crippen LogP contribution is 2.19. The molecule has 2 aromatic carbocycles. The van der Waals surface area contributed by atoms with Gasteiger partial charge in [0.05, 0.1) is 11.3 Å². The van der Waals surface area contributed by atoms with Crippen LogP contribution in [-0.2, 0) is 0 Å². The number of benzene rings is 2. The molecule has 0 unspecified atom stereocenters. The fourth-order valence-electron chi connectivity index (χ4n) is 2.43. The largest absolute Gasteiger partial charge is 0.410 e. The minimum atomic E-state index is 0.467. The first-order valence-corrected chi connectivity index (χ1v) is 7.28. The topological polar surface area (TPSA) is 53.3 Å². The van der Waals surface area contributed by atoms with Gasteiger partial charge in [-0.2, -0.15) is 0 Å². The van der Waals surface area contributed by atoms with E-state index in [2.05, 4.69) is 10.3 Å². The number of nitrogens with one attached hydrogen (secondary N) is 1. The van der Waals surface area contributed by atoms with Crippen LogP contribution in [0.3, 0.4) is 0 Å². The fraction of sp³-hybridized carbons (Fsp3) is 0.0588. The van der Waals surface area contributed by atoms with E-state index in [9.17, 15) is 5.21 Å². The zero-order chi connectivity index (χ0) is 15.5. The zero-order valence-corrected chi connectivity index (χ0v) is 12.8. The van der Waals surface area contributed by atoms with Crippen LogP contribution in [0.1, 0.15) is 16.8 Å². The Labute approximate surface area is 133 Å². The van der Waals surface area contributed by atoms with Crippen LogP contribution < -0.4 is 0 Å². The van der Waals surface area contributed by atoms with E-state index in [0.29, 0.717) is 10.4 Å². The minimum Gasteiger partial charge on any atom is -0.410 e. The molecule has 4 nitrogen and oxygen atoms in total. The summed E-state index contributed by atoms with van der Waals surface area (Å²) in [6, 6.07) is 19.3. The summed E-state index contributed by atoms with van der Waals surface area (Å²) in [6.45, 7) is 1.92. The molecule has 0 spiro atoms. The predicted molar refractivity (Wildman–Crippen MR) is 89.6 cm³/mol. The van der Waals surface area contributed by atoms with Crippen molar-refractivity contribution in [1.29, 1.82) is 0 Å². The van der Waals surface area contributed by atoms with Gasteiger partial charge in [0.2, 0.25) is 0 Å². The standard InChI is InChI=1S/C17H15N3OS/c1-12-15(16(19-21)13-8-4-2-5-9-13)17(22)20(18-12)14-10-6-3-7-11-14/h2-11,18,21H,1H3/b19-16+. The lowest BCUT2D eigenvalue weighted by Crippen LogP contribution is -2.05. The van der Waals surface area contributed by atoms with Crippen molar-refractivity contribution in [2.24, 2.45) is 5.16 Å². The minimum absolute atomic E-state index is 0.467. The first-order valence-electron chi connectivity index (χ1n) is 6.87. The summed E-state index contributed by atoms with van der Waals surface area (Å²) in [5.74, 6) is 0. The van der Waals surface area contributed by atoms with Crippen molar-refractivity contribution in [3.63, 3.8) is 0 Å². The van der Waals surface area contributed by atoms with Gasteiger partial charge in [0, 0.05) is 11.3 Å². The van der Waals surface area contributed by atoms with Gasteiger partial charge in [0.15, 0.2) is 0 Å². The van der Waals surface area contributed by atoms with Crippen molar-refractivity contribution in [3.8, 4) is 5.69 Å². The van der Waals surface area contributed by atoms with Crippen molar-refractivity contribution < 1.29 is 5.21 Å². The van der Waals surface area contributed by atoms with Crippen molar-refractivity contribution in [3.05, 3.63) is 82.1 Å². The van der Waals surface area contributed by atoms with Gasteiger partial charge in [-0.3, -0.25) is 5.10 Å². The number of H-pyrrole nitrogens is 1. The van der Waals surface area contributed by atoms with Crippen LogP contribution in [0.25, 0.3) is 5.69 Å². The Balaban J connectivity index is 2.17. The molecular formula is C17H15N3OS. The van der Waals surface area contributed by atoms with Gasteiger partial charge in [-0.05, 0) is 19.1 Å². The maximum Gasteiger partial charge on any atom is 0.137 e. The number of aromatic amines is 1. The maximum absolute atomic E-state index is 9.48. The van der Waals surface area contributed by atoms with E-state index in [0.717, 1.165) is 22.5 Å². The lowest BCUT2D eigenvalue weighted by Gasteiger charge is -2.03. The Kier molecular flexibility index (Phi) is 3.89. The average Bonchev–Trinajstić information content (AvgIpc) is 2.86. The highest BCUT2D eigenvalue weighted by molar-refractivity contribution is 7.71. The van der Waals surface area contributed by atoms with Crippen molar-refractivity contribution in [2.45, 2.75) is 6.92 Å². The van der Waals surface area contributed by atoms with Crippen molar-refractivity contribution in [2.75, 3.05) is 0 Å². The summed E-state index contributed by atoms with van der Waals surface area (Å²) in [6.07, 6.45) is 0. The molecule has 22 heavy (non-hydrogen) atoms. The Hall–Kier alpha value is -2.66. The van der Waals surface area contributed by atoms with E-state index in [1.165, 1.54) is 0 Å². The second-order valence-electron chi connectivity index (χ2n) is 4.90. The number of para-hydroxylation sites is 1. The van der Waals surface area contributed by atoms with Crippen molar-refractivity contribution >= 4 is 17.9 Å². The van der Waals surface area contributed by atoms with Crippen LogP contribution in [0, 0.1) is 11.6 Å². The highest BCUT2D eigenvalue weighted by atomic mass is 32.1. The van der Waals surface area contributed by atoms with Crippen LogP contribution in [-0.4, -0.2) is 20.7 Å². The summed E-state index contributed by atoms with van der Waals surface area (Å²) >= 11 is 5.58. The molecule has 5 heteroatoms. The second kappa shape index (κ2) is 5.99. The van der Waals surface area contributed by atoms with Gasteiger partial charge in [-0.25, -0.2) is 4.68 Å². The smallest absolute Gasteiger partial charge is 0.137 e. The van der Waals surface area contributed by atoms with Crippen LogP contribution in [0.15, 0.2) is 65.8 Å². The summed E-state index contributed by atoms with van der Waals surface area (Å²) in [7, 11) is 0. The number of aromatic nitrogens is 2. The molecule has 0 aliphatic rings. The quantitative estimate of drug-likeness (QED) is 0.332. The van der Waals surface area contributed by atoms with E-state index >= 15 is 0 Å². The van der Waals surface area contributed by atoms with Gasteiger partial charge in [0.25, 0.3) is 0 Å². The highest BCUT2D eigenvalue weighted by Gasteiger charge is 2.17. The van der Waals surface area contributed by atoms with E-state index in [1.807, 2.05) is 72.3 Å². The number of hydrogen-bond donors (Lipinski definition) is 2. The lowest BCUT2D eigenvalue weighted by atomic mass is 10.0. The van der Waals surface area contributed by atoms with Crippen LogP contribution in [0.2, 0.25) is 0 Å². The number of hydrogen-bond acceptors (Lipinski definition) is 3. The number of nitrogens with zero attached hydrogens (tertiary/aromatic N) is 2. The monoisotopic (exact) mass is 309 g/mol. The van der Waals surface area contributed by atoms with E-state index in [4.69, 9.17) is 12.2 Å². The Morgan fingerprint density at radius 1 is 1.05 bits per heavy atom. The van der Waals surface area contributed by atoms with E-state index in [-0.39, 0.29) is 0 Å². The Morgan fingerprint density at radius 3 is 2.23 bits per heavy atom. The lowest BCUT2D eigenvalue weighted by molar-refractivity contribution is 0.319. The van der Waals surface area contributed by atoms with Gasteiger partial charge < -0.3 is 5.21 Å². The molecule has 3 rings (SSSR count). The molecule has 2 N–H and O–H groups in total. The molecule has 0 aliphatic carbocycles. The third-order valence-electron chi connectivity index (χ3n) is 3.47. The third-order valence-corrected chi connectivity index (χ3v) is 3.86. The van der Waals surface area contributed by atoms with Crippen molar-refractivity contribution in [1.82, 2.24) is 9.78 Å². The molecule has 0 radical (unpaired) electrons. The SMILES string of the molecule is Cc1[nH]n(-c2ccccc2)c(=S)c1/C(=N/O)c1ccccc1. The summed E-state index contributed by atoms with van der Waals surface area (Å²) < 4.78 is 2.40.